The zero-order chi connectivity index (χ0) is 25.8. The van der Waals surface area contributed by atoms with Crippen LogP contribution in [0.15, 0.2) is 66.9 Å². The van der Waals surface area contributed by atoms with Crippen LogP contribution in [0, 0.1) is 6.92 Å². The Balaban J connectivity index is 1.84. The highest BCUT2D eigenvalue weighted by Crippen LogP contribution is 2.34. The van der Waals surface area contributed by atoms with E-state index in [1.54, 1.807) is 13.0 Å². The molecule has 0 saturated heterocycles. The maximum absolute atomic E-state index is 12.9. The van der Waals surface area contributed by atoms with Crippen LogP contribution in [0.2, 0.25) is 0 Å². The average Bonchev–Trinajstić information content (AvgIpc) is 3.14. The summed E-state index contributed by atoms with van der Waals surface area (Å²) in [7, 11) is -1.43. The molecule has 0 fully saturated rings. The van der Waals surface area contributed by atoms with Crippen LogP contribution in [0.3, 0.4) is 0 Å². The molecule has 2 amide bonds. The number of quaternary nitrogens is 1. The van der Waals surface area contributed by atoms with Crippen molar-refractivity contribution in [1.29, 1.82) is 0 Å². The summed E-state index contributed by atoms with van der Waals surface area (Å²) in [5, 5.41) is 0.293. The SMILES string of the molecule is Cc1c(C(=O)C(N)=O)c2c(OCC(=O)[NH2+]S(C)=O)nccc2n1Cc1ccccc1-c1ccccc1. The number of carbonyl (C=O) groups excluding carboxylic acids is 3. The molecule has 1 atom stereocenters. The average molecular weight is 506 g/mol. The molecule has 9 nitrogen and oxygen atoms in total. The van der Waals surface area contributed by atoms with Crippen LogP contribution in [-0.2, 0) is 27.1 Å². The Bertz CT molecular complexity index is 1500. The van der Waals surface area contributed by atoms with Crippen molar-refractivity contribution < 1.29 is 28.1 Å². The number of hydrogen-bond donors (Lipinski definition) is 2. The van der Waals surface area contributed by atoms with Crippen molar-refractivity contribution in [3.05, 3.63) is 83.7 Å². The summed E-state index contributed by atoms with van der Waals surface area (Å²) in [6.45, 7) is 1.70. The fourth-order valence-electron chi connectivity index (χ4n) is 4.19. The molecule has 0 aliphatic rings. The maximum atomic E-state index is 12.9. The number of pyridine rings is 1. The highest BCUT2D eigenvalue weighted by atomic mass is 32.2. The van der Waals surface area contributed by atoms with E-state index in [2.05, 4.69) is 4.98 Å². The van der Waals surface area contributed by atoms with E-state index >= 15 is 0 Å². The molecule has 2 heterocycles. The molecule has 0 radical (unpaired) electrons. The monoisotopic (exact) mass is 505 g/mol. The standard InChI is InChI=1S/C26H24N4O5S/c1-16-22(24(32)25(27)33)23-20(12-13-28-26(23)35-15-21(31)29-36(2)34)30(16)14-18-10-6-7-11-19(18)17-8-4-3-5-9-17/h3-13H,14-15H2,1-2H3,(H2,27,33)(H,29,31)/p+1. The fraction of sp³-hybridized carbons (Fsp3) is 0.154. The number of fused-ring (bicyclic) bond motifs is 1. The number of nitrogens with two attached hydrogens (primary N) is 2. The van der Waals surface area contributed by atoms with Crippen LogP contribution in [0.25, 0.3) is 22.0 Å². The number of hydrogen-bond acceptors (Lipinski definition) is 6. The van der Waals surface area contributed by atoms with Crippen molar-refractivity contribution in [2.24, 2.45) is 5.73 Å². The topological polar surface area (TPSA) is 138 Å². The summed E-state index contributed by atoms with van der Waals surface area (Å²) >= 11 is 0. The van der Waals surface area contributed by atoms with Crippen molar-refractivity contribution in [1.82, 2.24) is 9.55 Å². The normalized spacial score (nSPS) is 11.8. The zero-order valence-corrected chi connectivity index (χ0v) is 20.6. The lowest BCUT2D eigenvalue weighted by molar-refractivity contribution is -0.406. The molecular weight excluding hydrogens is 480 g/mol. The third kappa shape index (κ3) is 5.09. The number of benzene rings is 2. The number of ketones is 1. The van der Waals surface area contributed by atoms with Gasteiger partial charge in [-0.05, 0) is 29.7 Å². The van der Waals surface area contributed by atoms with Gasteiger partial charge in [-0.25, -0.2) is 9.78 Å². The predicted molar refractivity (Wildman–Crippen MR) is 135 cm³/mol. The van der Waals surface area contributed by atoms with E-state index in [1.807, 2.05) is 59.2 Å². The van der Waals surface area contributed by atoms with E-state index in [0.717, 1.165) is 21.4 Å². The molecule has 2 aromatic carbocycles. The Morgan fingerprint density at radius 1 is 1.06 bits per heavy atom. The lowest BCUT2D eigenvalue weighted by Gasteiger charge is -2.14. The van der Waals surface area contributed by atoms with E-state index in [1.165, 1.54) is 12.5 Å². The van der Waals surface area contributed by atoms with Crippen LogP contribution in [0.4, 0.5) is 0 Å². The van der Waals surface area contributed by atoms with Gasteiger partial charge >= 0.3 is 5.91 Å². The lowest BCUT2D eigenvalue weighted by atomic mass is 9.99. The number of carbonyl (C=O) groups is 3. The first-order valence-corrected chi connectivity index (χ1v) is 12.7. The molecule has 0 bridgehead atoms. The molecule has 0 spiro atoms. The van der Waals surface area contributed by atoms with Crippen molar-refractivity contribution in [2.45, 2.75) is 13.5 Å². The number of nitrogens with zero attached hydrogens (tertiary/aromatic N) is 2. The van der Waals surface area contributed by atoms with E-state index in [0.29, 0.717) is 23.1 Å². The first-order chi connectivity index (χ1) is 17.3. The number of primary amides is 2. The van der Waals surface area contributed by atoms with E-state index < -0.39 is 35.2 Å². The fourth-order valence-corrected chi connectivity index (χ4v) is 4.63. The minimum absolute atomic E-state index is 0.0129. The van der Waals surface area contributed by atoms with Gasteiger partial charge in [-0.15, -0.1) is 0 Å². The minimum Gasteiger partial charge on any atom is -0.463 e. The molecule has 10 heteroatoms. The molecule has 1 unspecified atom stereocenters. The molecule has 4 aromatic rings. The van der Waals surface area contributed by atoms with E-state index in [4.69, 9.17) is 10.5 Å². The summed E-state index contributed by atoms with van der Waals surface area (Å²) in [4.78, 5) is 41.0. The molecule has 4 N–H and O–H groups in total. The summed E-state index contributed by atoms with van der Waals surface area (Å²) in [6.07, 6.45) is 2.87. The summed E-state index contributed by atoms with van der Waals surface area (Å²) in [5.74, 6) is -2.47. The first-order valence-electron chi connectivity index (χ1n) is 11.1. The quantitative estimate of drug-likeness (QED) is 0.261. The Hall–Kier alpha value is -4.15. The zero-order valence-electron chi connectivity index (χ0n) is 19.8. The highest BCUT2D eigenvalue weighted by Gasteiger charge is 2.27. The van der Waals surface area contributed by atoms with Crippen LogP contribution in [0.5, 0.6) is 5.88 Å². The summed E-state index contributed by atoms with van der Waals surface area (Å²) < 4.78 is 19.9. The number of Topliss-reactive ketones (excluding diaryl/α,β-unsaturated/α-hetero) is 1. The predicted octanol–water partition coefficient (Wildman–Crippen LogP) is 1.49. The number of aromatic nitrogens is 2. The molecule has 184 valence electrons. The third-order valence-electron chi connectivity index (χ3n) is 5.73. The molecule has 0 aliphatic carbocycles. The molecule has 2 aromatic heterocycles. The van der Waals surface area contributed by atoms with E-state index in [9.17, 15) is 18.6 Å². The van der Waals surface area contributed by atoms with Gasteiger partial charge in [-0.3, -0.25) is 9.59 Å². The summed E-state index contributed by atoms with van der Waals surface area (Å²) in [6, 6.07) is 19.6. The van der Waals surface area contributed by atoms with Crippen LogP contribution in [0.1, 0.15) is 21.6 Å². The molecule has 36 heavy (non-hydrogen) atoms. The second kappa shape index (κ2) is 10.6. The minimum atomic E-state index is -1.43. The Kier molecular flexibility index (Phi) is 7.37. The van der Waals surface area contributed by atoms with Gasteiger partial charge in [-0.1, -0.05) is 54.6 Å². The van der Waals surface area contributed by atoms with Gasteiger partial charge in [0, 0.05) is 18.4 Å². The number of rotatable bonds is 9. The van der Waals surface area contributed by atoms with Gasteiger partial charge in [0.25, 0.3) is 11.7 Å². The van der Waals surface area contributed by atoms with Gasteiger partial charge in [0.1, 0.15) is 0 Å². The van der Waals surface area contributed by atoms with Crippen molar-refractivity contribution >= 4 is 39.5 Å². The van der Waals surface area contributed by atoms with Gasteiger partial charge < -0.3 is 15.0 Å². The second-order valence-corrected chi connectivity index (χ2v) is 9.38. The van der Waals surface area contributed by atoms with Crippen LogP contribution < -0.4 is 15.2 Å². The Morgan fingerprint density at radius 3 is 2.44 bits per heavy atom. The third-order valence-corrected chi connectivity index (χ3v) is 6.33. The van der Waals surface area contributed by atoms with Crippen LogP contribution in [-0.4, -0.2) is 44.2 Å². The maximum Gasteiger partial charge on any atom is 0.361 e. The molecular formula is C26H25N4O5S+. The summed E-state index contributed by atoms with van der Waals surface area (Å²) in [5.41, 5.74) is 9.63. The largest absolute Gasteiger partial charge is 0.463 e. The van der Waals surface area contributed by atoms with Crippen LogP contribution >= 0.6 is 0 Å². The first kappa shape index (κ1) is 25.0. The lowest BCUT2D eigenvalue weighted by Crippen LogP contribution is -2.89. The second-order valence-electron chi connectivity index (χ2n) is 8.14. The number of ether oxygens (including phenoxy) is 1. The van der Waals surface area contributed by atoms with Crippen molar-refractivity contribution in [2.75, 3.05) is 12.9 Å². The van der Waals surface area contributed by atoms with Gasteiger partial charge in [0.05, 0.1) is 22.7 Å². The molecule has 0 saturated carbocycles. The van der Waals surface area contributed by atoms with Gasteiger partial charge in [0.15, 0.2) is 0 Å². The van der Waals surface area contributed by atoms with Gasteiger partial charge in [-0.2, -0.15) is 8.93 Å². The number of amides is 2. The van der Waals surface area contributed by atoms with E-state index in [-0.39, 0.29) is 11.4 Å². The van der Waals surface area contributed by atoms with Gasteiger partial charge in [0.2, 0.25) is 23.5 Å². The molecule has 4 rings (SSSR count). The Morgan fingerprint density at radius 2 is 1.75 bits per heavy atom. The van der Waals surface area contributed by atoms with Crippen molar-refractivity contribution in [3.63, 3.8) is 0 Å². The molecule has 0 aliphatic heterocycles. The van der Waals surface area contributed by atoms with Crippen molar-refractivity contribution in [3.8, 4) is 17.0 Å². The highest BCUT2D eigenvalue weighted by molar-refractivity contribution is 7.77. The smallest absolute Gasteiger partial charge is 0.361 e. The Labute approximate surface area is 209 Å².